The summed E-state index contributed by atoms with van der Waals surface area (Å²) in [6.45, 7) is 3.79. The molecule has 154 valence electrons. The average molecular weight is 393 g/mol. The Hall–Kier alpha value is -2.69. The first-order valence-electron chi connectivity index (χ1n) is 10.9. The van der Waals surface area contributed by atoms with Crippen LogP contribution >= 0.6 is 0 Å². The number of para-hydroxylation sites is 2. The Morgan fingerprint density at radius 3 is 2.52 bits per heavy atom. The summed E-state index contributed by atoms with van der Waals surface area (Å²) in [5, 5.41) is 2.96. The van der Waals surface area contributed by atoms with Crippen molar-refractivity contribution in [2.45, 2.75) is 64.8 Å². The van der Waals surface area contributed by atoms with Crippen molar-refractivity contribution in [1.82, 2.24) is 19.9 Å². The van der Waals surface area contributed by atoms with E-state index in [4.69, 9.17) is 4.98 Å². The van der Waals surface area contributed by atoms with Gasteiger partial charge in [0.15, 0.2) is 0 Å². The van der Waals surface area contributed by atoms with Gasteiger partial charge in [0.25, 0.3) is 5.91 Å². The number of imidazole rings is 1. The Balaban J connectivity index is 1.55. The van der Waals surface area contributed by atoms with Crippen LogP contribution in [0.1, 0.15) is 68.2 Å². The maximum Gasteiger partial charge on any atom is 0.269 e. The van der Waals surface area contributed by atoms with Crippen LogP contribution in [0.4, 0.5) is 0 Å². The molecule has 0 bridgehead atoms. The van der Waals surface area contributed by atoms with Gasteiger partial charge in [0.05, 0.1) is 11.0 Å². The van der Waals surface area contributed by atoms with Gasteiger partial charge in [-0.15, -0.1) is 0 Å². The van der Waals surface area contributed by atoms with Crippen LogP contribution in [0.3, 0.4) is 0 Å². The number of carbonyl (C=O) groups is 1. The van der Waals surface area contributed by atoms with Gasteiger partial charge in [0.2, 0.25) is 0 Å². The standard InChI is InChI=1S/C24H32N4O/c1-2-3-4-5-6-7-12-19-28-22-15-9-8-13-20(22)27-23(28)16-18-26-24(29)21-14-10-11-17-25-21/h8-11,13-15,17H,2-7,12,16,18-19H2,1H3,(H,26,29). The van der Waals surface area contributed by atoms with Crippen LogP contribution in [0, 0.1) is 0 Å². The average Bonchev–Trinajstić information content (AvgIpc) is 3.11. The second-order valence-electron chi connectivity index (χ2n) is 7.51. The van der Waals surface area contributed by atoms with E-state index in [1.165, 1.54) is 50.5 Å². The lowest BCUT2D eigenvalue weighted by atomic mass is 10.1. The van der Waals surface area contributed by atoms with Crippen molar-refractivity contribution in [1.29, 1.82) is 0 Å². The summed E-state index contributed by atoms with van der Waals surface area (Å²) in [5.41, 5.74) is 2.66. The number of aryl methyl sites for hydroxylation is 1. The van der Waals surface area contributed by atoms with Crippen molar-refractivity contribution in [2.24, 2.45) is 0 Å². The summed E-state index contributed by atoms with van der Waals surface area (Å²) in [7, 11) is 0. The van der Waals surface area contributed by atoms with Crippen LogP contribution < -0.4 is 5.32 Å². The molecule has 3 rings (SSSR count). The molecule has 0 atom stereocenters. The molecule has 0 aliphatic heterocycles. The molecule has 0 saturated heterocycles. The Bertz CT molecular complexity index is 888. The van der Waals surface area contributed by atoms with Gasteiger partial charge in [0.1, 0.15) is 11.5 Å². The molecular formula is C24H32N4O. The highest BCUT2D eigenvalue weighted by Crippen LogP contribution is 2.18. The van der Waals surface area contributed by atoms with Gasteiger partial charge in [-0.2, -0.15) is 0 Å². The summed E-state index contributed by atoms with van der Waals surface area (Å²) in [6, 6.07) is 13.7. The van der Waals surface area contributed by atoms with E-state index in [9.17, 15) is 4.79 Å². The smallest absolute Gasteiger partial charge is 0.269 e. The maximum absolute atomic E-state index is 12.2. The van der Waals surface area contributed by atoms with Crippen LogP contribution in [-0.2, 0) is 13.0 Å². The first kappa shape index (κ1) is 21.0. The molecule has 0 unspecified atom stereocenters. The van der Waals surface area contributed by atoms with Gasteiger partial charge >= 0.3 is 0 Å². The third-order valence-electron chi connectivity index (χ3n) is 5.25. The number of nitrogens with zero attached hydrogens (tertiary/aromatic N) is 3. The molecule has 0 saturated carbocycles. The van der Waals surface area contributed by atoms with E-state index in [1.54, 1.807) is 12.3 Å². The second-order valence-corrected chi connectivity index (χ2v) is 7.51. The summed E-state index contributed by atoms with van der Waals surface area (Å²) in [6.07, 6.45) is 11.4. The minimum Gasteiger partial charge on any atom is -0.350 e. The highest BCUT2D eigenvalue weighted by molar-refractivity contribution is 5.92. The van der Waals surface area contributed by atoms with Crippen LogP contribution in [0.15, 0.2) is 48.7 Å². The van der Waals surface area contributed by atoms with Crippen molar-refractivity contribution < 1.29 is 4.79 Å². The van der Waals surface area contributed by atoms with Crippen LogP contribution in [-0.4, -0.2) is 27.0 Å². The minimum absolute atomic E-state index is 0.139. The number of aromatic nitrogens is 3. The summed E-state index contributed by atoms with van der Waals surface area (Å²) in [5.74, 6) is 0.902. The number of unbranched alkanes of at least 4 members (excludes halogenated alkanes) is 6. The van der Waals surface area contributed by atoms with E-state index in [2.05, 4.69) is 40.0 Å². The zero-order chi connectivity index (χ0) is 20.3. The van der Waals surface area contributed by atoms with Crippen molar-refractivity contribution in [3.63, 3.8) is 0 Å². The third kappa shape index (κ3) is 6.14. The third-order valence-corrected chi connectivity index (χ3v) is 5.25. The van der Waals surface area contributed by atoms with E-state index in [0.29, 0.717) is 18.7 Å². The SMILES string of the molecule is CCCCCCCCCn1c(CCNC(=O)c2ccccn2)nc2ccccc21. The van der Waals surface area contributed by atoms with E-state index >= 15 is 0 Å². The summed E-state index contributed by atoms with van der Waals surface area (Å²) < 4.78 is 2.33. The lowest BCUT2D eigenvalue weighted by Crippen LogP contribution is -2.27. The van der Waals surface area contributed by atoms with Crippen LogP contribution in [0.25, 0.3) is 11.0 Å². The quantitative estimate of drug-likeness (QED) is 0.433. The molecule has 1 N–H and O–H groups in total. The van der Waals surface area contributed by atoms with E-state index in [-0.39, 0.29) is 5.91 Å². The predicted molar refractivity (Wildman–Crippen MR) is 118 cm³/mol. The molecule has 2 heterocycles. The van der Waals surface area contributed by atoms with E-state index in [1.807, 2.05) is 18.2 Å². The maximum atomic E-state index is 12.2. The number of carbonyl (C=O) groups excluding carboxylic acids is 1. The number of amides is 1. The first-order chi connectivity index (χ1) is 14.3. The number of nitrogens with one attached hydrogen (secondary N) is 1. The van der Waals surface area contributed by atoms with Gasteiger partial charge in [-0.25, -0.2) is 4.98 Å². The Morgan fingerprint density at radius 1 is 0.966 bits per heavy atom. The molecule has 0 spiro atoms. The summed E-state index contributed by atoms with van der Waals surface area (Å²) >= 11 is 0. The molecule has 0 fully saturated rings. The number of fused-ring (bicyclic) bond motifs is 1. The fraction of sp³-hybridized carbons (Fsp3) is 0.458. The Kier molecular flexibility index (Phi) is 8.23. The molecule has 29 heavy (non-hydrogen) atoms. The molecule has 0 aliphatic rings. The lowest BCUT2D eigenvalue weighted by molar-refractivity contribution is 0.0949. The number of rotatable bonds is 12. The topological polar surface area (TPSA) is 59.8 Å². The van der Waals surface area contributed by atoms with Crippen molar-refractivity contribution in [3.8, 4) is 0 Å². The Labute approximate surface area is 173 Å². The normalized spacial score (nSPS) is 11.1. The molecule has 5 heteroatoms. The van der Waals surface area contributed by atoms with Crippen molar-refractivity contribution in [3.05, 3.63) is 60.2 Å². The van der Waals surface area contributed by atoms with Crippen LogP contribution in [0.2, 0.25) is 0 Å². The second kappa shape index (κ2) is 11.3. The monoisotopic (exact) mass is 392 g/mol. The molecule has 1 amide bonds. The Morgan fingerprint density at radius 2 is 1.72 bits per heavy atom. The van der Waals surface area contributed by atoms with Crippen molar-refractivity contribution in [2.75, 3.05) is 6.54 Å². The van der Waals surface area contributed by atoms with Gasteiger partial charge in [0, 0.05) is 25.7 Å². The molecular weight excluding hydrogens is 360 g/mol. The fourth-order valence-electron chi connectivity index (χ4n) is 3.67. The highest BCUT2D eigenvalue weighted by Gasteiger charge is 2.11. The molecule has 0 aliphatic carbocycles. The van der Waals surface area contributed by atoms with Crippen LogP contribution in [0.5, 0.6) is 0 Å². The zero-order valence-corrected chi connectivity index (χ0v) is 17.4. The number of hydrogen-bond acceptors (Lipinski definition) is 3. The highest BCUT2D eigenvalue weighted by atomic mass is 16.1. The van der Waals surface area contributed by atoms with E-state index in [0.717, 1.165) is 17.9 Å². The largest absolute Gasteiger partial charge is 0.350 e. The van der Waals surface area contributed by atoms with Crippen molar-refractivity contribution >= 4 is 16.9 Å². The van der Waals surface area contributed by atoms with Gasteiger partial charge in [-0.3, -0.25) is 9.78 Å². The number of benzene rings is 1. The van der Waals surface area contributed by atoms with Gasteiger partial charge < -0.3 is 9.88 Å². The van der Waals surface area contributed by atoms with Gasteiger partial charge in [-0.1, -0.05) is 63.6 Å². The molecule has 0 radical (unpaired) electrons. The molecule has 2 aromatic heterocycles. The minimum atomic E-state index is -0.139. The molecule has 1 aromatic carbocycles. The first-order valence-corrected chi connectivity index (χ1v) is 10.9. The molecule has 3 aromatic rings. The van der Waals surface area contributed by atoms with Gasteiger partial charge in [-0.05, 0) is 30.7 Å². The number of hydrogen-bond donors (Lipinski definition) is 1. The lowest BCUT2D eigenvalue weighted by Gasteiger charge is -2.10. The predicted octanol–water partition coefficient (Wildman–Crippen LogP) is 5.15. The zero-order valence-electron chi connectivity index (χ0n) is 17.4. The van der Waals surface area contributed by atoms with E-state index < -0.39 is 0 Å². The number of pyridine rings is 1. The summed E-state index contributed by atoms with van der Waals surface area (Å²) in [4.78, 5) is 21.1. The fourth-order valence-corrected chi connectivity index (χ4v) is 3.67. The molecule has 5 nitrogen and oxygen atoms in total.